The number of thiol groups is 1. The van der Waals surface area contributed by atoms with Crippen LogP contribution in [0, 0.1) is 6.92 Å². The normalized spacial score (nSPS) is 15.9. The van der Waals surface area contributed by atoms with E-state index in [0.29, 0.717) is 11.1 Å². The Balaban J connectivity index is 2.44. The lowest BCUT2D eigenvalue weighted by Gasteiger charge is -2.43. The van der Waals surface area contributed by atoms with Crippen molar-refractivity contribution in [1.29, 1.82) is 0 Å². The van der Waals surface area contributed by atoms with Crippen LogP contribution in [0.15, 0.2) is 18.2 Å². The lowest BCUT2D eigenvalue weighted by Crippen LogP contribution is -2.58. The van der Waals surface area contributed by atoms with Crippen LogP contribution in [0.5, 0.6) is 5.75 Å². The summed E-state index contributed by atoms with van der Waals surface area (Å²) in [6.07, 6.45) is 1.76. The largest absolute Gasteiger partial charge is 0.508 e. The van der Waals surface area contributed by atoms with E-state index in [-0.39, 0.29) is 29.5 Å². The molecule has 1 aromatic carbocycles. The van der Waals surface area contributed by atoms with Crippen LogP contribution in [-0.2, 0) is 14.3 Å². The second-order valence-corrected chi connectivity index (χ2v) is 10.2. The second kappa shape index (κ2) is 11.1. The standard InChI is InChI=1S/C24H37N3O5S/c1-14(2)25-21(29)20(16-10-11-19(28)15(3)12-16)27(17-8-7-9-17)22(30)18(13-33)26-23(31)32-24(4,5)6/h10-12,14,17-18,20,28,33H,7-9,13H2,1-6H3,(H,25,29)(H,26,31). The molecule has 184 valence electrons. The predicted molar refractivity (Wildman–Crippen MR) is 130 cm³/mol. The Labute approximate surface area is 201 Å². The number of aryl methyl sites for hydroxylation is 1. The quantitative estimate of drug-likeness (QED) is 0.427. The van der Waals surface area contributed by atoms with Crippen molar-refractivity contribution in [1.82, 2.24) is 15.5 Å². The van der Waals surface area contributed by atoms with E-state index >= 15 is 0 Å². The number of alkyl carbamates (subject to hydrolysis) is 1. The van der Waals surface area contributed by atoms with Gasteiger partial charge in [0.05, 0.1) is 0 Å². The molecule has 2 unspecified atom stereocenters. The lowest BCUT2D eigenvalue weighted by atomic mass is 9.88. The summed E-state index contributed by atoms with van der Waals surface area (Å²) in [6, 6.07) is 2.76. The van der Waals surface area contributed by atoms with Crippen molar-refractivity contribution >= 4 is 30.5 Å². The van der Waals surface area contributed by atoms with E-state index < -0.39 is 29.7 Å². The molecule has 3 amide bonds. The zero-order valence-electron chi connectivity index (χ0n) is 20.3. The Bertz CT molecular complexity index is 864. The summed E-state index contributed by atoms with van der Waals surface area (Å²) >= 11 is 4.29. The Hall–Kier alpha value is -2.42. The molecular weight excluding hydrogens is 442 g/mol. The molecule has 1 saturated carbocycles. The maximum absolute atomic E-state index is 13.7. The minimum atomic E-state index is -0.962. The Morgan fingerprint density at radius 2 is 1.85 bits per heavy atom. The van der Waals surface area contributed by atoms with E-state index in [1.807, 2.05) is 13.8 Å². The van der Waals surface area contributed by atoms with Crippen LogP contribution in [0.25, 0.3) is 0 Å². The van der Waals surface area contributed by atoms with Gasteiger partial charge in [0.1, 0.15) is 23.4 Å². The number of phenols is 1. The number of nitrogens with one attached hydrogen (secondary N) is 2. The summed E-state index contributed by atoms with van der Waals surface area (Å²) in [7, 11) is 0. The number of aromatic hydroxyl groups is 1. The summed E-state index contributed by atoms with van der Waals surface area (Å²) in [5.74, 6) is -0.544. The van der Waals surface area contributed by atoms with Gasteiger partial charge in [0.25, 0.3) is 0 Å². The number of rotatable bonds is 8. The van der Waals surface area contributed by atoms with Gasteiger partial charge in [-0.15, -0.1) is 0 Å². The number of amides is 3. The number of hydrogen-bond acceptors (Lipinski definition) is 6. The topological polar surface area (TPSA) is 108 Å². The van der Waals surface area contributed by atoms with Gasteiger partial charge in [-0.2, -0.15) is 12.6 Å². The number of benzene rings is 1. The highest BCUT2D eigenvalue weighted by molar-refractivity contribution is 7.80. The minimum absolute atomic E-state index is 0.0500. The average molecular weight is 480 g/mol. The van der Waals surface area contributed by atoms with Crippen LogP contribution in [0.4, 0.5) is 4.79 Å². The Morgan fingerprint density at radius 1 is 1.21 bits per heavy atom. The molecule has 1 aromatic rings. The molecule has 2 atom stereocenters. The minimum Gasteiger partial charge on any atom is -0.508 e. The molecule has 0 aromatic heterocycles. The molecule has 3 N–H and O–H groups in total. The molecule has 33 heavy (non-hydrogen) atoms. The number of carbonyl (C=O) groups excluding carboxylic acids is 3. The predicted octanol–water partition coefficient (Wildman–Crippen LogP) is 3.47. The third kappa shape index (κ3) is 7.28. The van der Waals surface area contributed by atoms with Gasteiger partial charge in [0, 0.05) is 17.8 Å². The van der Waals surface area contributed by atoms with Gasteiger partial charge in [-0.25, -0.2) is 4.79 Å². The fourth-order valence-corrected chi connectivity index (χ4v) is 3.90. The van der Waals surface area contributed by atoms with Crippen LogP contribution in [0.2, 0.25) is 0 Å². The molecule has 2 rings (SSSR count). The van der Waals surface area contributed by atoms with Gasteiger partial charge in [-0.3, -0.25) is 9.59 Å². The molecule has 0 saturated heterocycles. The molecule has 8 nitrogen and oxygen atoms in total. The lowest BCUT2D eigenvalue weighted by molar-refractivity contribution is -0.147. The van der Waals surface area contributed by atoms with Crippen molar-refractivity contribution < 1.29 is 24.2 Å². The van der Waals surface area contributed by atoms with Gasteiger partial charge in [-0.1, -0.05) is 6.07 Å². The summed E-state index contributed by atoms with van der Waals surface area (Å²) in [6.45, 7) is 10.7. The number of nitrogens with zero attached hydrogens (tertiary/aromatic N) is 1. The van der Waals surface area contributed by atoms with Crippen molar-refractivity contribution in [2.45, 2.75) is 90.6 Å². The summed E-state index contributed by atoms with van der Waals surface area (Å²) < 4.78 is 5.31. The summed E-state index contributed by atoms with van der Waals surface area (Å²) in [4.78, 5) is 41.0. The molecule has 9 heteroatoms. The zero-order valence-corrected chi connectivity index (χ0v) is 21.2. The molecular formula is C24H37N3O5S. The van der Waals surface area contributed by atoms with Gasteiger partial charge in [0.15, 0.2) is 0 Å². The van der Waals surface area contributed by atoms with Gasteiger partial charge in [-0.05, 0) is 84.1 Å². The van der Waals surface area contributed by atoms with Crippen molar-refractivity contribution in [3.63, 3.8) is 0 Å². The number of carbonyl (C=O) groups is 3. The van der Waals surface area contributed by atoms with E-state index in [9.17, 15) is 19.5 Å². The summed E-state index contributed by atoms with van der Waals surface area (Å²) in [5, 5.41) is 15.5. The molecule has 0 aliphatic heterocycles. The maximum atomic E-state index is 13.7. The highest BCUT2D eigenvalue weighted by Crippen LogP contribution is 2.35. The van der Waals surface area contributed by atoms with E-state index in [1.54, 1.807) is 44.7 Å². The highest BCUT2D eigenvalue weighted by Gasteiger charge is 2.41. The van der Waals surface area contributed by atoms with Gasteiger partial charge in [0.2, 0.25) is 11.8 Å². The fraction of sp³-hybridized carbons (Fsp3) is 0.625. The first-order chi connectivity index (χ1) is 15.3. The zero-order chi connectivity index (χ0) is 24.9. The third-order valence-corrected chi connectivity index (χ3v) is 5.75. The Kier molecular flexibility index (Phi) is 9.05. The molecule has 1 aliphatic rings. The van der Waals surface area contributed by atoms with E-state index in [4.69, 9.17) is 4.74 Å². The fourth-order valence-electron chi connectivity index (χ4n) is 3.65. The molecule has 0 radical (unpaired) electrons. The molecule has 1 fully saturated rings. The van der Waals surface area contributed by atoms with Crippen LogP contribution < -0.4 is 10.6 Å². The van der Waals surface area contributed by atoms with Crippen LogP contribution in [-0.4, -0.2) is 57.4 Å². The SMILES string of the molecule is Cc1cc(C(C(=O)NC(C)C)N(C(=O)C(CS)NC(=O)OC(C)(C)C)C2CCC2)ccc1O. The second-order valence-electron chi connectivity index (χ2n) is 9.82. The van der Waals surface area contributed by atoms with E-state index in [1.165, 1.54) is 6.07 Å². The van der Waals surface area contributed by atoms with E-state index in [0.717, 1.165) is 19.3 Å². The van der Waals surface area contributed by atoms with Crippen molar-refractivity contribution in [3.8, 4) is 5.75 Å². The molecule has 0 heterocycles. The van der Waals surface area contributed by atoms with Gasteiger partial charge < -0.3 is 25.4 Å². The highest BCUT2D eigenvalue weighted by atomic mass is 32.1. The number of ether oxygens (including phenoxy) is 1. The maximum Gasteiger partial charge on any atom is 0.408 e. The molecule has 0 spiro atoms. The first-order valence-corrected chi connectivity index (χ1v) is 12.0. The molecule has 1 aliphatic carbocycles. The van der Waals surface area contributed by atoms with E-state index in [2.05, 4.69) is 23.3 Å². The monoisotopic (exact) mass is 479 g/mol. The van der Waals surface area contributed by atoms with Crippen LogP contribution in [0.3, 0.4) is 0 Å². The number of phenolic OH excluding ortho intramolecular Hbond substituents is 1. The first kappa shape index (κ1) is 26.8. The van der Waals surface area contributed by atoms with Crippen molar-refractivity contribution in [2.75, 3.05) is 5.75 Å². The van der Waals surface area contributed by atoms with Gasteiger partial charge >= 0.3 is 6.09 Å². The van der Waals surface area contributed by atoms with Crippen molar-refractivity contribution in [2.24, 2.45) is 0 Å². The summed E-state index contributed by atoms with van der Waals surface area (Å²) in [5.41, 5.74) is 0.484. The van der Waals surface area contributed by atoms with Crippen LogP contribution >= 0.6 is 12.6 Å². The average Bonchev–Trinajstić information content (AvgIpc) is 2.64. The first-order valence-electron chi connectivity index (χ1n) is 11.4. The van der Waals surface area contributed by atoms with Crippen molar-refractivity contribution in [3.05, 3.63) is 29.3 Å². The smallest absolute Gasteiger partial charge is 0.408 e. The third-order valence-electron chi connectivity index (χ3n) is 5.39. The molecule has 0 bridgehead atoms. The van der Waals surface area contributed by atoms with Crippen LogP contribution in [0.1, 0.15) is 71.0 Å². The number of hydrogen-bond donors (Lipinski definition) is 4. The Morgan fingerprint density at radius 3 is 2.30 bits per heavy atom.